The highest BCUT2D eigenvalue weighted by Crippen LogP contribution is 2.27. The predicted molar refractivity (Wildman–Crippen MR) is 144 cm³/mol. The fourth-order valence-corrected chi connectivity index (χ4v) is 4.02. The smallest absolute Gasteiger partial charge is 0.229 e. The number of anilines is 5. The third-order valence-electron chi connectivity index (χ3n) is 6.14. The van der Waals surface area contributed by atoms with Crippen LogP contribution < -0.4 is 20.3 Å². The molecule has 37 heavy (non-hydrogen) atoms. The molecule has 1 saturated heterocycles. The number of piperazine rings is 1. The molecule has 2 N–H and O–H groups in total. The summed E-state index contributed by atoms with van der Waals surface area (Å²) in [5.41, 5.74) is 3.23. The second kappa shape index (κ2) is 11.5. The summed E-state index contributed by atoms with van der Waals surface area (Å²) in [4.78, 5) is 41.3. The Hall–Kier alpha value is -4.47. The number of benzene rings is 1. The molecule has 192 valence electrons. The highest BCUT2D eigenvalue weighted by atomic mass is 16.5. The van der Waals surface area contributed by atoms with E-state index in [1.807, 2.05) is 42.2 Å². The van der Waals surface area contributed by atoms with Gasteiger partial charge in [0.15, 0.2) is 5.78 Å². The Labute approximate surface area is 216 Å². The number of aryl methyl sites for hydroxylation is 1. The average Bonchev–Trinajstić information content (AvgIpc) is 2.91. The molecule has 0 unspecified atom stereocenters. The lowest BCUT2D eigenvalue weighted by atomic mass is 10.1. The van der Waals surface area contributed by atoms with Crippen LogP contribution in [0.15, 0.2) is 55.3 Å². The molecule has 0 radical (unpaired) electrons. The van der Waals surface area contributed by atoms with Gasteiger partial charge in [-0.1, -0.05) is 24.8 Å². The molecule has 1 aliphatic rings. The number of nitrogens with zero attached hydrogens (tertiary/aromatic N) is 5. The second-order valence-electron chi connectivity index (χ2n) is 8.73. The van der Waals surface area contributed by atoms with Gasteiger partial charge in [-0.2, -0.15) is 9.97 Å². The van der Waals surface area contributed by atoms with E-state index in [0.717, 1.165) is 28.3 Å². The molecule has 0 bridgehead atoms. The number of allylic oxidation sites excluding steroid dienone is 1. The van der Waals surface area contributed by atoms with Crippen molar-refractivity contribution in [1.82, 2.24) is 19.9 Å². The number of carbonyl (C=O) groups excluding carboxylic acids is 2. The highest BCUT2D eigenvalue weighted by molar-refractivity contribution is 5.92. The SMILES string of the molecule is C=CC(=O)Cc1ccccc1Nc1nc(Nc2cc(OC)nc(N3CCN(C(C)=O)CC3)c2)ncc1C. The van der Waals surface area contributed by atoms with Gasteiger partial charge in [-0.3, -0.25) is 9.59 Å². The molecule has 0 atom stereocenters. The van der Waals surface area contributed by atoms with Gasteiger partial charge in [-0.15, -0.1) is 0 Å². The monoisotopic (exact) mass is 501 g/mol. The minimum absolute atomic E-state index is 0.0545. The summed E-state index contributed by atoms with van der Waals surface area (Å²) in [7, 11) is 1.57. The molecule has 4 rings (SSSR count). The van der Waals surface area contributed by atoms with Gasteiger partial charge in [0.1, 0.15) is 11.6 Å². The first kappa shape index (κ1) is 25.6. The summed E-state index contributed by atoms with van der Waals surface area (Å²) in [5.74, 6) is 2.25. The van der Waals surface area contributed by atoms with Crippen LogP contribution in [0.4, 0.5) is 29.0 Å². The molecule has 1 fully saturated rings. The fourth-order valence-electron chi connectivity index (χ4n) is 4.02. The average molecular weight is 502 g/mol. The zero-order chi connectivity index (χ0) is 26.4. The Kier molecular flexibility index (Phi) is 7.97. The summed E-state index contributed by atoms with van der Waals surface area (Å²) < 4.78 is 5.43. The van der Waals surface area contributed by atoms with E-state index in [0.29, 0.717) is 43.8 Å². The lowest BCUT2D eigenvalue weighted by Gasteiger charge is -2.35. The number of hydrogen-bond donors (Lipinski definition) is 2. The van der Waals surface area contributed by atoms with E-state index >= 15 is 0 Å². The van der Waals surface area contributed by atoms with Crippen molar-refractivity contribution < 1.29 is 14.3 Å². The van der Waals surface area contributed by atoms with Crippen LogP contribution in [0.25, 0.3) is 0 Å². The predicted octanol–water partition coefficient (Wildman–Crippen LogP) is 3.64. The van der Waals surface area contributed by atoms with Gasteiger partial charge in [-0.05, 0) is 24.6 Å². The van der Waals surface area contributed by atoms with Crippen LogP contribution in [0.2, 0.25) is 0 Å². The van der Waals surface area contributed by atoms with Gasteiger partial charge < -0.3 is 25.2 Å². The third kappa shape index (κ3) is 6.40. The van der Waals surface area contributed by atoms with E-state index in [2.05, 4.69) is 37.1 Å². The highest BCUT2D eigenvalue weighted by Gasteiger charge is 2.21. The Balaban J connectivity index is 1.55. The van der Waals surface area contributed by atoms with Gasteiger partial charge in [-0.25, -0.2) is 4.98 Å². The topological polar surface area (TPSA) is 113 Å². The maximum absolute atomic E-state index is 11.9. The van der Waals surface area contributed by atoms with Crippen molar-refractivity contribution >= 4 is 40.6 Å². The molecule has 10 heteroatoms. The van der Waals surface area contributed by atoms with Crippen LogP contribution in [-0.2, 0) is 16.0 Å². The number of amides is 1. The summed E-state index contributed by atoms with van der Waals surface area (Å²) in [5, 5.41) is 6.59. The van der Waals surface area contributed by atoms with E-state index in [1.165, 1.54) is 6.08 Å². The standard InChI is InChI=1S/C27H31N7O3/c1-5-22(36)14-20-8-6-7-9-23(20)30-26-18(2)17-28-27(32-26)29-21-15-24(31-25(16-21)37-4)34-12-10-33(11-13-34)19(3)35/h5-9,15-17H,1,10-14H2,2-4H3,(H2,28,29,30,31,32). The van der Waals surface area contributed by atoms with Crippen molar-refractivity contribution in [2.45, 2.75) is 20.3 Å². The molecule has 1 aliphatic heterocycles. The van der Waals surface area contributed by atoms with Gasteiger partial charge in [0.25, 0.3) is 0 Å². The normalized spacial score (nSPS) is 13.2. The first-order valence-electron chi connectivity index (χ1n) is 12.0. The quantitative estimate of drug-likeness (QED) is 0.424. The number of pyridine rings is 1. The van der Waals surface area contributed by atoms with Crippen molar-refractivity contribution in [1.29, 1.82) is 0 Å². The second-order valence-corrected chi connectivity index (χ2v) is 8.73. The van der Waals surface area contributed by atoms with Crippen LogP contribution in [0, 0.1) is 6.92 Å². The first-order valence-corrected chi connectivity index (χ1v) is 12.0. The number of rotatable bonds is 9. The number of hydrogen-bond acceptors (Lipinski definition) is 9. The van der Waals surface area contributed by atoms with E-state index in [-0.39, 0.29) is 18.1 Å². The van der Waals surface area contributed by atoms with Crippen molar-refractivity contribution in [3.8, 4) is 5.88 Å². The Bertz CT molecular complexity index is 1300. The number of aromatic nitrogens is 3. The Morgan fingerprint density at radius 1 is 1.11 bits per heavy atom. The Morgan fingerprint density at radius 2 is 1.86 bits per heavy atom. The van der Waals surface area contributed by atoms with Gasteiger partial charge in [0.05, 0.1) is 7.11 Å². The zero-order valence-electron chi connectivity index (χ0n) is 21.3. The number of ketones is 1. The first-order chi connectivity index (χ1) is 17.9. The molecular formula is C27H31N7O3. The van der Waals surface area contributed by atoms with Gasteiger partial charge in [0.2, 0.25) is 17.7 Å². The molecule has 1 aromatic carbocycles. The summed E-state index contributed by atoms with van der Waals surface area (Å²) in [6.07, 6.45) is 3.31. The summed E-state index contributed by atoms with van der Waals surface area (Å²) in [6.45, 7) is 9.72. The molecule has 3 heterocycles. The van der Waals surface area contributed by atoms with E-state index in [9.17, 15) is 9.59 Å². The minimum atomic E-state index is -0.0545. The molecule has 0 saturated carbocycles. The lowest BCUT2D eigenvalue weighted by Crippen LogP contribution is -2.48. The van der Waals surface area contributed by atoms with Gasteiger partial charge >= 0.3 is 0 Å². The van der Waals surface area contributed by atoms with E-state index in [1.54, 1.807) is 26.3 Å². The number of para-hydroxylation sites is 1. The molecule has 10 nitrogen and oxygen atoms in total. The van der Waals surface area contributed by atoms with E-state index in [4.69, 9.17) is 4.74 Å². The van der Waals surface area contributed by atoms with Crippen LogP contribution in [0.3, 0.4) is 0 Å². The minimum Gasteiger partial charge on any atom is -0.481 e. The number of nitrogens with one attached hydrogen (secondary N) is 2. The molecule has 0 aliphatic carbocycles. The number of methoxy groups -OCH3 is 1. The maximum Gasteiger partial charge on any atom is 0.229 e. The number of carbonyl (C=O) groups is 2. The molecule has 0 spiro atoms. The molecule has 1 amide bonds. The van der Waals surface area contributed by atoms with Gasteiger partial charge in [0, 0.05) is 74.8 Å². The summed E-state index contributed by atoms with van der Waals surface area (Å²) in [6, 6.07) is 11.3. The Morgan fingerprint density at radius 3 is 2.57 bits per heavy atom. The van der Waals surface area contributed by atoms with E-state index < -0.39 is 0 Å². The summed E-state index contributed by atoms with van der Waals surface area (Å²) >= 11 is 0. The molecule has 3 aromatic rings. The van der Waals surface area contributed by atoms with Crippen molar-refractivity contribution in [3.63, 3.8) is 0 Å². The van der Waals surface area contributed by atoms with Crippen LogP contribution in [-0.4, -0.2) is 64.8 Å². The van der Waals surface area contributed by atoms with Crippen molar-refractivity contribution in [3.05, 3.63) is 66.4 Å². The maximum atomic E-state index is 11.9. The third-order valence-corrected chi connectivity index (χ3v) is 6.14. The molecular weight excluding hydrogens is 470 g/mol. The largest absolute Gasteiger partial charge is 0.481 e. The van der Waals surface area contributed by atoms with Crippen molar-refractivity contribution in [2.24, 2.45) is 0 Å². The fraction of sp³-hybridized carbons (Fsp3) is 0.296. The number of ether oxygens (including phenoxy) is 1. The lowest BCUT2D eigenvalue weighted by molar-refractivity contribution is -0.129. The van der Waals surface area contributed by atoms with Crippen LogP contribution in [0.5, 0.6) is 5.88 Å². The van der Waals surface area contributed by atoms with Crippen LogP contribution >= 0.6 is 0 Å². The van der Waals surface area contributed by atoms with Crippen LogP contribution in [0.1, 0.15) is 18.1 Å². The van der Waals surface area contributed by atoms with Crippen molar-refractivity contribution in [2.75, 3.05) is 48.8 Å². The molecule has 2 aromatic heterocycles. The zero-order valence-corrected chi connectivity index (χ0v) is 21.3.